The van der Waals surface area contributed by atoms with Crippen LogP contribution in [0.4, 0.5) is 0 Å². The van der Waals surface area contributed by atoms with Crippen molar-refractivity contribution in [2.75, 3.05) is 11.5 Å². The average molecular weight is 249 g/mol. The summed E-state index contributed by atoms with van der Waals surface area (Å²) in [4.78, 5) is 22.4. The lowest BCUT2D eigenvalue weighted by Crippen LogP contribution is -2.47. The average Bonchev–Trinajstić information content (AvgIpc) is 2.45. The van der Waals surface area contributed by atoms with Gasteiger partial charge in [-0.05, 0) is 20.3 Å². The summed E-state index contributed by atoms with van der Waals surface area (Å²) in [6, 6.07) is -0.462. The number of hydrogen-bond donors (Lipinski definition) is 2. The van der Waals surface area contributed by atoms with Crippen LogP contribution in [0.15, 0.2) is 0 Å². The molecule has 6 nitrogen and oxygen atoms in total. The first-order chi connectivity index (χ1) is 7.15. The number of carboxylic acids is 1. The fourth-order valence-corrected chi connectivity index (χ4v) is 3.05. The number of carbonyl (C=O) groups is 2. The summed E-state index contributed by atoms with van der Waals surface area (Å²) >= 11 is 0. The zero-order chi connectivity index (χ0) is 12.6. The van der Waals surface area contributed by atoms with E-state index in [9.17, 15) is 18.0 Å². The number of rotatable bonds is 3. The molecule has 0 aliphatic carbocycles. The van der Waals surface area contributed by atoms with Gasteiger partial charge in [-0.2, -0.15) is 0 Å². The maximum absolute atomic E-state index is 11.6. The van der Waals surface area contributed by atoms with Gasteiger partial charge in [0, 0.05) is 6.04 Å². The molecule has 0 radical (unpaired) electrons. The van der Waals surface area contributed by atoms with Gasteiger partial charge in [-0.3, -0.25) is 9.59 Å². The first kappa shape index (κ1) is 13.0. The van der Waals surface area contributed by atoms with Crippen molar-refractivity contribution in [1.82, 2.24) is 5.32 Å². The summed E-state index contributed by atoms with van der Waals surface area (Å²) in [7, 11) is -3.07. The lowest BCUT2D eigenvalue weighted by atomic mass is 9.92. The Morgan fingerprint density at radius 3 is 2.31 bits per heavy atom. The summed E-state index contributed by atoms with van der Waals surface area (Å²) in [5.41, 5.74) is -1.54. The normalized spacial score (nSPS) is 24.0. The highest BCUT2D eigenvalue weighted by Gasteiger charge is 2.38. The molecule has 0 spiro atoms. The predicted octanol–water partition coefficient (Wildman–Crippen LogP) is -0.599. The van der Waals surface area contributed by atoms with E-state index in [1.54, 1.807) is 0 Å². The van der Waals surface area contributed by atoms with E-state index >= 15 is 0 Å². The zero-order valence-corrected chi connectivity index (χ0v) is 10.0. The number of hydrogen-bond acceptors (Lipinski definition) is 4. The Morgan fingerprint density at radius 2 is 1.94 bits per heavy atom. The fraction of sp³-hybridized carbons (Fsp3) is 0.778. The van der Waals surface area contributed by atoms with Gasteiger partial charge in [0.05, 0.1) is 11.5 Å². The third-order valence-electron chi connectivity index (χ3n) is 2.67. The second-order valence-electron chi connectivity index (χ2n) is 4.50. The van der Waals surface area contributed by atoms with E-state index in [4.69, 9.17) is 5.11 Å². The first-order valence-corrected chi connectivity index (χ1v) is 6.72. The Bertz CT molecular complexity index is 412. The number of amides is 1. The van der Waals surface area contributed by atoms with Gasteiger partial charge in [-0.15, -0.1) is 0 Å². The van der Waals surface area contributed by atoms with Crippen LogP contribution < -0.4 is 5.32 Å². The third kappa shape index (κ3) is 2.72. The SMILES string of the molecule is CC(C)(C(=O)O)C(=O)NC1CCS(=O)(=O)C1. The highest BCUT2D eigenvalue weighted by molar-refractivity contribution is 7.91. The Labute approximate surface area is 93.9 Å². The van der Waals surface area contributed by atoms with Gasteiger partial charge in [-0.1, -0.05) is 0 Å². The molecule has 0 aromatic heterocycles. The van der Waals surface area contributed by atoms with Crippen LogP contribution in [0, 0.1) is 5.41 Å². The molecule has 0 aromatic carbocycles. The monoisotopic (exact) mass is 249 g/mol. The standard InChI is InChI=1S/C9H15NO5S/c1-9(2,8(12)13)7(11)10-6-3-4-16(14,15)5-6/h6H,3-5H2,1-2H3,(H,10,11)(H,12,13). The van der Waals surface area contributed by atoms with Crippen LogP contribution in [0.5, 0.6) is 0 Å². The van der Waals surface area contributed by atoms with Crippen LogP contribution in [0.3, 0.4) is 0 Å². The summed E-state index contributed by atoms with van der Waals surface area (Å²) in [6.45, 7) is 2.57. The smallest absolute Gasteiger partial charge is 0.318 e. The van der Waals surface area contributed by atoms with E-state index < -0.39 is 33.2 Å². The molecule has 1 rings (SSSR count). The van der Waals surface area contributed by atoms with Crippen LogP contribution >= 0.6 is 0 Å². The molecule has 1 saturated heterocycles. The topological polar surface area (TPSA) is 101 Å². The van der Waals surface area contributed by atoms with Crippen molar-refractivity contribution in [2.24, 2.45) is 5.41 Å². The Hall–Kier alpha value is -1.11. The lowest BCUT2D eigenvalue weighted by Gasteiger charge is -2.20. The molecule has 1 atom stereocenters. The molecule has 1 fully saturated rings. The number of sulfone groups is 1. The van der Waals surface area contributed by atoms with E-state index in [1.165, 1.54) is 13.8 Å². The van der Waals surface area contributed by atoms with Gasteiger partial charge in [0.25, 0.3) is 0 Å². The molecule has 1 aliphatic rings. The molecule has 0 aromatic rings. The number of carbonyl (C=O) groups excluding carboxylic acids is 1. The molecule has 1 amide bonds. The Kier molecular flexibility index (Phi) is 3.27. The molecule has 7 heteroatoms. The van der Waals surface area contributed by atoms with E-state index in [1.807, 2.05) is 0 Å². The minimum atomic E-state index is -3.07. The van der Waals surface area contributed by atoms with E-state index in [0.29, 0.717) is 6.42 Å². The maximum Gasteiger partial charge on any atom is 0.318 e. The van der Waals surface area contributed by atoms with Gasteiger partial charge in [0.1, 0.15) is 5.41 Å². The van der Waals surface area contributed by atoms with E-state index in [-0.39, 0.29) is 11.5 Å². The van der Waals surface area contributed by atoms with Crippen molar-refractivity contribution in [3.05, 3.63) is 0 Å². The van der Waals surface area contributed by atoms with Gasteiger partial charge < -0.3 is 10.4 Å². The third-order valence-corrected chi connectivity index (χ3v) is 4.44. The Balaban J connectivity index is 2.64. The fourth-order valence-electron chi connectivity index (χ4n) is 1.37. The van der Waals surface area contributed by atoms with Crippen molar-refractivity contribution in [2.45, 2.75) is 26.3 Å². The Morgan fingerprint density at radius 1 is 1.38 bits per heavy atom. The number of aliphatic carboxylic acids is 1. The maximum atomic E-state index is 11.6. The van der Waals surface area contributed by atoms with Crippen LogP contribution in [0.1, 0.15) is 20.3 Å². The molecule has 1 aliphatic heterocycles. The summed E-state index contributed by atoms with van der Waals surface area (Å²) in [6.07, 6.45) is 0.351. The second kappa shape index (κ2) is 4.04. The molecule has 1 unspecified atom stereocenters. The molecule has 2 N–H and O–H groups in total. The quantitative estimate of drug-likeness (QED) is 0.650. The van der Waals surface area contributed by atoms with E-state index in [2.05, 4.69) is 5.32 Å². The minimum Gasteiger partial charge on any atom is -0.480 e. The molecular weight excluding hydrogens is 234 g/mol. The number of carboxylic acid groups (broad SMARTS) is 1. The summed E-state index contributed by atoms with van der Waals surface area (Å²) in [5.74, 6) is -1.94. The van der Waals surface area contributed by atoms with Crippen LogP contribution in [-0.2, 0) is 19.4 Å². The first-order valence-electron chi connectivity index (χ1n) is 4.90. The molecule has 0 saturated carbocycles. The highest BCUT2D eigenvalue weighted by Crippen LogP contribution is 2.18. The summed E-state index contributed by atoms with van der Waals surface area (Å²) < 4.78 is 22.3. The second-order valence-corrected chi connectivity index (χ2v) is 6.73. The van der Waals surface area contributed by atoms with E-state index in [0.717, 1.165) is 0 Å². The van der Waals surface area contributed by atoms with Crippen molar-refractivity contribution in [1.29, 1.82) is 0 Å². The highest BCUT2D eigenvalue weighted by atomic mass is 32.2. The molecule has 0 bridgehead atoms. The minimum absolute atomic E-state index is 0.0471. The van der Waals surface area contributed by atoms with Crippen molar-refractivity contribution in [3.63, 3.8) is 0 Å². The van der Waals surface area contributed by atoms with Gasteiger partial charge in [0.15, 0.2) is 9.84 Å². The molecular formula is C9H15NO5S. The predicted molar refractivity (Wildman–Crippen MR) is 56.6 cm³/mol. The number of nitrogens with one attached hydrogen (secondary N) is 1. The van der Waals surface area contributed by atoms with Crippen LogP contribution in [0.25, 0.3) is 0 Å². The van der Waals surface area contributed by atoms with Crippen LogP contribution in [-0.4, -0.2) is 42.9 Å². The van der Waals surface area contributed by atoms with Crippen molar-refractivity contribution < 1.29 is 23.1 Å². The van der Waals surface area contributed by atoms with Gasteiger partial charge >= 0.3 is 5.97 Å². The molecule has 1 heterocycles. The van der Waals surface area contributed by atoms with Gasteiger partial charge in [0.2, 0.25) is 5.91 Å². The largest absolute Gasteiger partial charge is 0.480 e. The molecule has 92 valence electrons. The lowest BCUT2D eigenvalue weighted by molar-refractivity contribution is -0.153. The van der Waals surface area contributed by atoms with Crippen molar-refractivity contribution >= 4 is 21.7 Å². The van der Waals surface area contributed by atoms with Crippen molar-refractivity contribution in [3.8, 4) is 0 Å². The zero-order valence-electron chi connectivity index (χ0n) is 9.19. The molecule has 16 heavy (non-hydrogen) atoms. The summed E-state index contributed by atoms with van der Waals surface area (Å²) in [5, 5.41) is 11.3. The van der Waals surface area contributed by atoms with Crippen LogP contribution in [0.2, 0.25) is 0 Å². The van der Waals surface area contributed by atoms with Gasteiger partial charge in [-0.25, -0.2) is 8.42 Å².